The minimum absolute atomic E-state index is 0.0666. The SMILES string of the molecule is COc1cc(OC)cc(OCc2ccc(C(=O)N[C@H]3CCCCCC[C@H]3C(=O)C(C)(C)N3C(=O)[C@@H]4CCCCCC[C@@H]43)cc2)c1. The third-order valence-corrected chi connectivity index (χ3v) is 10.2. The minimum Gasteiger partial charge on any atom is -0.496 e. The van der Waals surface area contributed by atoms with Gasteiger partial charge in [0.1, 0.15) is 23.9 Å². The highest BCUT2D eigenvalue weighted by molar-refractivity contribution is 5.98. The van der Waals surface area contributed by atoms with Gasteiger partial charge in [-0.25, -0.2) is 0 Å². The van der Waals surface area contributed by atoms with Crippen molar-refractivity contribution in [2.24, 2.45) is 11.8 Å². The molecule has 5 rings (SSSR count). The summed E-state index contributed by atoms with van der Waals surface area (Å²) in [6.07, 6.45) is 12.1. The second-order valence-electron chi connectivity index (χ2n) is 13.5. The average molecular weight is 619 g/mol. The number of benzene rings is 2. The molecule has 1 saturated heterocycles. The first-order valence-electron chi connectivity index (χ1n) is 16.9. The van der Waals surface area contributed by atoms with E-state index in [1.54, 1.807) is 44.6 Å². The van der Waals surface area contributed by atoms with Gasteiger partial charge in [-0.1, -0.05) is 63.5 Å². The zero-order valence-electron chi connectivity index (χ0n) is 27.4. The molecule has 8 nitrogen and oxygen atoms in total. The van der Waals surface area contributed by atoms with E-state index in [4.69, 9.17) is 14.2 Å². The number of ether oxygens (including phenoxy) is 3. The Labute approximate surface area is 268 Å². The molecule has 8 heteroatoms. The van der Waals surface area contributed by atoms with Gasteiger partial charge in [0.05, 0.1) is 25.7 Å². The van der Waals surface area contributed by atoms with Crippen LogP contribution in [0.4, 0.5) is 0 Å². The summed E-state index contributed by atoms with van der Waals surface area (Å²) in [5.74, 6) is 1.71. The molecule has 244 valence electrons. The fourth-order valence-electron chi connectivity index (χ4n) is 7.59. The van der Waals surface area contributed by atoms with Crippen molar-refractivity contribution < 1.29 is 28.6 Å². The number of carbonyl (C=O) groups is 3. The van der Waals surface area contributed by atoms with E-state index in [0.29, 0.717) is 29.4 Å². The smallest absolute Gasteiger partial charge is 0.251 e. The lowest BCUT2D eigenvalue weighted by Gasteiger charge is -2.56. The number of β-lactam (4-membered cyclic amide) rings is 1. The van der Waals surface area contributed by atoms with Gasteiger partial charge in [-0.15, -0.1) is 0 Å². The molecule has 0 spiro atoms. The number of hydrogen-bond acceptors (Lipinski definition) is 6. The third kappa shape index (κ3) is 7.47. The van der Waals surface area contributed by atoms with Crippen LogP contribution in [0.25, 0.3) is 0 Å². The summed E-state index contributed by atoms with van der Waals surface area (Å²) in [5.41, 5.74) is 0.573. The number of nitrogens with zero attached hydrogens (tertiary/aromatic N) is 1. The number of carbonyl (C=O) groups excluding carboxylic acids is 3. The topological polar surface area (TPSA) is 94.2 Å². The van der Waals surface area contributed by atoms with Gasteiger partial charge in [0.2, 0.25) is 5.91 Å². The van der Waals surface area contributed by atoms with Crippen molar-refractivity contribution in [3.63, 3.8) is 0 Å². The molecule has 45 heavy (non-hydrogen) atoms. The molecular weight excluding hydrogens is 568 g/mol. The van der Waals surface area contributed by atoms with Gasteiger partial charge in [-0.05, 0) is 57.2 Å². The third-order valence-electron chi connectivity index (χ3n) is 10.2. The maximum absolute atomic E-state index is 14.4. The van der Waals surface area contributed by atoms with Crippen LogP contribution in [0, 0.1) is 11.8 Å². The lowest BCUT2D eigenvalue weighted by molar-refractivity contribution is -0.174. The van der Waals surface area contributed by atoms with Crippen LogP contribution >= 0.6 is 0 Å². The summed E-state index contributed by atoms with van der Waals surface area (Å²) in [5, 5.41) is 3.25. The van der Waals surface area contributed by atoms with Gasteiger partial charge in [0.25, 0.3) is 5.91 Å². The van der Waals surface area contributed by atoms with Gasteiger partial charge in [0, 0.05) is 41.8 Å². The molecule has 2 amide bonds. The van der Waals surface area contributed by atoms with Gasteiger partial charge < -0.3 is 24.4 Å². The first-order chi connectivity index (χ1) is 21.7. The van der Waals surface area contributed by atoms with Gasteiger partial charge in [-0.2, -0.15) is 0 Å². The molecular formula is C37H50N2O6. The van der Waals surface area contributed by atoms with Crippen LogP contribution in [0.3, 0.4) is 0 Å². The minimum atomic E-state index is -0.890. The molecule has 4 atom stereocenters. The summed E-state index contributed by atoms with van der Waals surface area (Å²) in [6.45, 7) is 4.19. The Bertz CT molecular complexity index is 1320. The molecule has 0 bridgehead atoms. The van der Waals surface area contributed by atoms with Gasteiger partial charge in [-0.3, -0.25) is 14.4 Å². The molecule has 0 radical (unpaired) electrons. The summed E-state index contributed by atoms with van der Waals surface area (Å²) < 4.78 is 16.6. The molecule has 3 fully saturated rings. The monoisotopic (exact) mass is 618 g/mol. The normalized spacial score (nSPS) is 24.1. The van der Waals surface area contributed by atoms with E-state index < -0.39 is 5.54 Å². The highest BCUT2D eigenvalue weighted by Gasteiger charge is 2.56. The van der Waals surface area contributed by atoms with E-state index in [0.717, 1.165) is 69.8 Å². The van der Waals surface area contributed by atoms with Crippen LogP contribution in [0.15, 0.2) is 42.5 Å². The largest absolute Gasteiger partial charge is 0.496 e. The van der Waals surface area contributed by atoms with Crippen LogP contribution in [-0.4, -0.2) is 54.3 Å². The predicted octanol–water partition coefficient (Wildman–Crippen LogP) is 6.88. The summed E-state index contributed by atoms with van der Waals surface area (Å²) in [7, 11) is 3.19. The number of likely N-dealkylation sites (tertiary alicyclic amines) is 1. The van der Waals surface area contributed by atoms with Crippen molar-refractivity contribution in [3.8, 4) is 17.2 Å². The molecule has 1 aliphatic heterocycles. The number of ketones is 1. The second kappa shape index (κ2) is 14.7. The van der Waals surface area contributed by atoms with Crippen molar-refractivity contribution in [1.82, 2.24) is 10.2 Å². The van der Waals surface area contributed by atoms with Gasteiger partial charge in [0.15, 0.2) is 5.78 Å². The molecule has 3 aliphatic rings. The number of rotatable bonds is 10. The number of fused-ring (bicyclic) bond motifs is 1. The Morgan fingerprint density at radius 1 is 0.800 bits per heavy atom. The molecule has 1 heterocycles. The molecule has 0 unspecified atom stereocenters. The zero-order chi connectivity index (χ0) is 32.0. The van der Waals surface area contributed by atoms with E-state index >= 15 is 0 Å². The van der Waals surface area contributed by atoms with Crippen molar-refractivity contribution in [2.75, 3.05) is 14.2 Å². The summed E-state index contributed by atoms with van der Waals surface area (Å²) >= 11 is 0. The molecule has 2 aliphatic carbocycles. The van der Waals surface area contributed by atoms with Crippen LogP contribution in [0.1, 0.15) is 107 Å². The first kappa shape index (κ1) is 32.8. The van der Waals surface area contributed by atoms with Crippen molar-refractivity contribution in [2.45, 2.75) is 115 Å². The summed E-state index contributed by atoms with van der Waals surface area (Å²) in [6, 6.07) is 12.7. The van der Waals surface area contributed by atoms with Crippen molar-refractivity contribution in [3.05, 3.63) is 53.6 Å². The molecule has 0 aromatic heterocycles. The first-order valence-corrected chi connectivity index (χ1v) is 16.9. The number of hydrogen-bond donors (Lipinski definition) is 1. The lowest BCUT2D eigenvalue weighted by atomic mass is 9.71. The molecule has 2 aromatic carbocycles. The van der Waals surface area contributed by atoms with Crippen LogP contribution < -0.4 is 19.5 Å². The fourth-order valence-corrected chi connectivity index (χ4v) is 7.59. The van der Waals surface area contributed by atoms with Gasteiger partial charge >= 0.3 is 0 Å². The Morgan fingerprint density at radius 3 is 2.02 bits per heavy atom. The maximum Gasteiger partial charge on any atom is 0.251 e. The van der Waals surface area contributed by atoms with Crippen LogP contribution in [-0.2, 0) is 16.2 Å². The number of Topliss-reactive ketones (excluding diaryl/α,β-unsaturated/α-hetero) is 1. The Hall–Kier alpha value is -3.55. The van der Waals surface area contributed by atoms with E-state index in [-0.39, 0.29) is 41.5 Å². The molecule has 1 N–H and O–H groups in total. The van der Waals surface area contributed by atoms with E-state index in [9.17, 15) is 14.4 Å². The molecule has 2 aromatic rings. The van der Waals surface area contributed by atoms with Crippen LogP contribution in [0.2, 0.25) is 0 Å². The van der Waals surface area contributed by atoms with E-state index in [1.807, 2.05) is 30.9 Å². The average Bonchev–Trinajstić information content (AvgIpc) is 3.02. The van der Waals surface area contributed by atoms with Crippen molar-refractivity contribution in [1.29, 1.82) is 0 Å². The Balaban J connectivity index is 1.25. The highest BCUT2D eigenvalue weighted by Crippen LogP contribution is 2.43. The quantitative estimate of drug-likeness (QED) is 0.292. The second-order valence-corrected chi connectivity index (χ2v) is 13.5. The maximum atomic E-state index is 14.4. The summed E-state index contributed by atoms with van der Waals surface area (Å²) in [4.78, 5) is 43.2. The Morgan fingerprint density at radius 2 is 1.38 bits per heavy atom. The number of methoxy groups -OCH3 is 2. The fraction of sp³-hybridized carbons (Fsp3) is 0.595. The van der Waals surface area contributed by atoms with Crippen molar-refractivity contribution >= 4 is 17.6 Å². The standard InChI is InChI=1S/C37H50N2O6/c1-37(2,39-33-16-12-8-6-10-14-31(33)36(39)42)34(40)30-13-9-5-7-11-15-32(30)38-35(41)26-19-17-25(18-20-26)24-45-29-22-27(43-3)21-28(23-29)44-4/h17-23,30-33H,5-16,24H2,1-4H3,(H,38,41)/t30-,31-,32+,33+/m1/s1. The number of amides is 2. The zero-order valence-corrected chi connectivity index (χ0v) is 27.4. The lowest BCUT2D eigenvalue weighted by Crippen LogP contribution is -2.71. The highest BCUT2D eigenvalue weighted by atomic mass is 16.5. The molecule has 2 saturated carbocycles. The van der Waals surface area contributed by atoms with E-state index in [1.165, 1.54) is 12.8 Å². The Kier molecular flexibility index (Phi) is 10.7. The van der Waals surface area contributed by atoms with Crippen LogP contribution in [0.5, 0.6) is 17.2 Å². The number of nitrogens with one attached hydrogen (secondary N) is 1. The predicted molar refractivity (Wildman–Crippen MR) is 174 cm³/mol. The van der Waals surface area contributed by atoms with E-state index in [2.05, 4.69) is 5.32 Å².